The lowest BCUT2D eigenvalue weighted by molar-refractivity contribution is 0.0988. The number of benzene rings is 2. The summed E-state index contributed by atoms with van der Waals surface area (Å²) in [5.74, 6) is 0.0207. The van der Waals surface area contributed by atoms with E-state index in [1.165, 1.54) is 20.4 Å². The highest BCUT2D eigenvalue weighted by Gasteiger charge is 2.22. The van der Waals surface area contributed by atoms with Gasteiger partial charge in [-0.2, -0.15) is 10.1 Å². The third kappa shape index (κ3) is 4.89. The highest BCUT2D eigenvalue weighted by atomic mass is 79.9. The predicted octanol–water partition coefficient (Wildman–Crippen LogP) is 4.38. The number of hydrazone groups is 1. The van der Waals surface area contributed by atoms with E-state index in [-0.39, 0.29) is 5.56 Å². The minimum absolute atomic E-state index is 0.222. The van der Waals surface area contributed by atoms with Crippen molar-refractivity contribution in [3.05, 3.63) is 76.5 Å². The number of carbonyl (C=O) groups excluding carboxylic acids is 2. The van der Waals surface area contributed by atoms with Crippen LogP contribution in [-0.4, -0.2) is 37.7 Å². The Labute approximate surface area is 187 Å². The number of nitrogens with zero attached hydrogens (tertiary/aromatic N) is 3. The molecule has 2 amide bonds. The molecule has 0 radical (unpaired) electrons. The Morgan fingerprint density at radius 2 is 1.87 bits per heavy atom. The fourth-order valence-electron chi connectivity index (χ4n) is 2.83. The summed E-state index contributed by atoms with van der Waals surface area (Å²) >= 11 is 3.37. The number of carbonyl (C=O) groups is 2. The molecule has 0 aliphatic carbocycles. The van der Waals surface area contributed by atoms with Gasteiger partial charge in [0.2, 0.25) is 0 Å². The van der Waals surface area contributed by atoms with Crippen LogP contribution in [0, 0.1) is 0 Å². The first-order valence-electron chi connectivity index (χ1n) is 9.02. The van der Waals surface area contributed by atoms with Crippen LogP contribution in [0.4, 0.5) is 11.4 Å². The van der Waals surface area contributed by atoms with Crippen molar-refractivity contribution in [3.63, 3.8) is 0 Å². The molecular weight excluding hydrogens is 464 g/mol. The van der Waals surface area contributed by atoms with E-state index in [4.69, 9.17) is 9.47 Å². The van der Waals surface area contributed by atoms with Crippen LogP contribution in [0.3, 0.4) is 0 Å². The van der Waals surface area contributed by atoms with E-state index in [1.807, 2.05) is 0 Å². The quantitative estimate of drug-likeness (QED) is 0.398. The number of amides is 2. The average Bonchev–Trinajstić information content (AvgIpc) is 2.80. The van der Waals surface area contributed by atoms with Gasteiger partial charge in [0.1, 0.15) is 0 Å². The molecule has 3 rings (SSSR count). The van der Waals surface area contributed by atoms with Gasteiger partial charge in [-0.1, -0.05) is 15.9 Å². The van der Waals surface area contributed by atoms with E-state index in [1.54, 1.807) is 54.7 Å². The van der Waals surface area contributed by atoms with Gasteiger partial charge >= 0.3 is 0 Å². The lowest BCUT2D eigenvalue weighted by Gasteiger charge is -2.19. The highest BCUT2D eigenvalue weighted by Crippen LogP contribution is 2.29. The first-order valence-corrected chi connectivity index (χ1v) is 9.81. The largest absolute Gasteiger partial charge is 0.493 e. The van der Waals surface area contributed by atoms with E-state index in [2.05, 4.69) is 38.0 Å². The number of hydrogen-bond acceptors (Lipinski definition) is 6. The Morgan fingerprint density at radius 1 is 1.10 bits per heavy atom. The van der Waals surface area contributed by atoms with Crippen LogP contribution < -0.4 is 19.8 Å². The van der Waals surface area contributed by atoms with E-state index >= 15 is 0 Å². The molecule has 1 aromatic heterocycles. The van der Waals surface area contributed by atoms with E-state index in [9.17, 15) is 9.59 Å². The maximum Gasteiger partial charge on any atom is 0.280 e. The zero-order chi connectivity index (χ0) is 22.4. The molecule has 1 N–H and O–H groups in total. The summed E-state index contributed by atoms with van der Waals surface area (Å²) in [7, 11) is 3.00. The number of hydrogen-bond donors (Lipinski definition) is 1. The Hall–Kier alpha value is -3.72. The van der Waals surface area contributed by atoms with Crippen molar-refractivity contribution >= 4 is 45.8 Å². The van der Waals surface area contributed by atoms with Crippen LogP contribution >= 0.6 is 15.9 Å². The summed E-state index contributed by atoms with van der Waals surface area (Å²) in [5.41, 5.74) is 1.31. The van der Waals surface area contributed by atoms with Crippen molar-refractivity contribution in [2.75, 3.05) is 24.5 Å². The SMILES string of the molecule is C=NN(C(=O)c1cc(Br)ccc1NC(=O)c1ccc(OC)c(OC)c1)c1cccnc1. The van der Waals surface area contributed by atoms with Gasteiger partial charge in [-0.3, -0.25) is 14.6 Å². The van der Waals surface area contributed by atoms with Crippen LogP contribution in [0.5, 0.6) is 11.5 Å². The fourth-order valence-corrected chi connectivity index (χ4v) is 3.19. The molecule has 0 bridgehead atoms. The molecule has 0 aliphatic heterocycles. The van der Waals surface area contributed by atoms with Crippen molar-refractivity contribution < 1.29 is 19.1 Å². The third-order valence-corrected chi connectivity index (χ3v) is 4.82. The summed E-state index contributed by atoms with van der Waals surface area (Å²) in [6.07, 6.45) is 3.08. The average molecular weight is 483 g/mol. The monoisotopic (exact) mass is 482 g/mol. The Bertz CT molecular complexity index is 1120. The number of methoxy groups -OCH3 is 2. The molecule has 31 heavy (non-hydrogen) atoms. The molecule has 0 saturated carbocycles. The number of pyridine rings is 1. The van der Waals surface area contributed by atoms with Crippen molar-refractivity contribution in [1.29, 1.82) is 0 Å². The summed E-state index contributed by atoms with van der Waals surface area (Å²) in [6.45, 7) is 3.48. The van der Waals surface area contributed by atoms with Crippen LogP contribution in [0.25, 0.3) is 0 Å². The van der Waals surface area contributed by atoms with Gasteiger partial charge in [0, 0.05) is 23.0 Å². The van der Waals surface area contributed by atoms with Gasteiger partial charge in [0.25, 0.3) is 11.8 Å². The van der Waals surface area contributed by atoms with Crippen molar-refractivity contribution in [1.82, 2.24) is 4.98 Å². The Balaban J connectivity index is 1.94. The number of nitrogens with one attached hydrogen (secondary N) is 1. The molecule has 0 spiro atoms. The van der Waals surface area contributed by atoms with Gasteiger partial charge in [0.05, 0.1) is 37.4 Å². The van der Waals surface area contributed by atoms with E-state index in [0.29, 0.717) is 32.9 Å². The van der Waals surface area contributed by atoms with Crippen molar-refractivity contribution in [3.8, 4) is 11.5 Å². The summed E-state index contributed by atoms with van der Waals surface area (Å²) < 4.78 is 11.1. The van der Waals surface area contributed by atoms with Crippen molar-refractivity contribution in [2.45, 2.75) is 0 Å². The third-order valence-electron chi connectivity index (χ3n) is 4.33. The highest BCUT2D eigenvalue weighted by molar-refractivity contribution is 9.10. The standard InChI is InChI=1S/C22H19BrN4O4/c1-24-27(16-5-4-10-25-13-16)22(29)17-12-15(23)7-8-18(17)26-21(28)14-6-9-19(30-2)20(11-14)31-3/h4-13H,1H2,2-3H3,(H,26,28). The molecule has 1 heterocycles. The molecule has 0 fully saturated rings. The molecular formula is C22H19BrN4O4. The number of rotatable bonds is 7. The Morgan fingerprint density at radius 3 is 2.52 bits per heavy atom. The van der Waals surface area contributed by atoms with Crippen LogP contribution in [0.1, 0.15) is 20.7 Å². The van der Waals surface area contributed by atoms with E-state index < -0.39 is 11.8 Å². The molecule has 158 valence electrons. The van der Waals surface area contributed by atoms with Crippen molar-refractivity contribution in [2.24, 2.45) is 5.10 Å². The molecule has 0 aliphatic rings. The van der Waals surface area contributed by atoms with E-state index in [0.717, 1.165) is 5.01 Å². The van der Waals surface area contributed by atoms with Crippen LogP contribution in [0.2, 0.25) is 0 Å². The second-order valence-corrected chi connectivity index (χ2v) is 7.10. The molecule has 0 unspecified atom stereocenters. The first-order chi connectivity index (χ1) is 15.0. The van der Waals surface area contributed by atoms with Gasteiger partial charge in [-0.15, -0.1) is 0 Å². The van der Waals surface area contributed by atoms with Crippen LogP contribution in [-0.2, 0) is 0 Å². The maximum absolute atomic E-state index is 13.2. The number of ether oxygens (including phenoxy) is 2. The number of halogens is 1. The Kier molecular flexibility index (Phi) is 6.99. The summed E-state index contributed by atoms with van der Waals surface area (Å²) in [5, 5.41) is 7.70. The van der Waals surface area contributed by atoms with Gasteiger partial charge in [-0.05, 0) is 48.5 Å². The zero-order valence-electron chi connectivity index (χ0n) is 16.8. The molecule has 0 atom stereocenters. The maximum atomic E-state index is 13.2. The van der Waals surface area contributed by atoms with Gasteiger partial charge in [-0.25, -0.2) is 0 Å². The zero-order valence-corrected chi connectivity index (χ0v) is 18.4. The predicted molar refractivity (Wildman–Crippen MR) is 122 cm³/mol. The lowest BCUT2D eigenvalue weighted by atomic mass is 10.1. The molecule has 3 aromatic rings. The second kappa shape index (κ2) is 9.86. The first kappa shape index (κ1) is 22.0. The van der Waals surface area contributed by atoms with Crippen LogP contribution in [0.15, 0.2) is 70.5 Å². The second-order valence-electron chi connectivity index (χ2n) is 6.18. The minimum Gasteiger partial charge on any atom is -0.493 e. The molecule has 9 heteroatoms. The lowest BCUT2D eigenvalue weighted by Crippen LogP contribution is -2.27. The number of aromatic nitrogens is 1. The summed E-state index contributed by atoms with van der Waals surface area (Å²) in [4.78, 5) is 30.1. The molecule has 0 saturated heterocycles. The normalized spacial score (nSPS) is 10.2. The van der Waals surface area contributed by atoms with Gasteiger partial charge in [0.15, 0.2) is 11.5 Å². The van der Waals surface area contributed by atoms with Gasteiger partial charge < -0.3 is 14.8 Å². The number of anilines is 2. The summed E-state index contributed by atoms with van der Waals surface area (Å²) in [6, 6.07) is 13.1. The minimum atomic E-state index is -0.480. The topological polar surface area (TPSA) is 93.1 Å². The molecule has 2 aromatic carbocycles. The molecule has 8 nitrogen and oxygen atoms in total. The fraction of sp³-hybridized carbons (Fsp3) is 0.0909. The smallest absolute Gasteiger partial charge is 0.280 e.